The van der Waals surface area contributed by atoms with Crippen molar-refractivity contribution >= 4 is 11.7 Å². The van der Waals surface area contributed by atoms with Crippen molar-refractivity contribution in [3.63, 3.8) is 0 Å². The van der Waals surface area contributed by atoms with Crippen LogP contribution in [0.1, 0.15) is 33.4 Å². The first-order valence-corrected chi connectivity index (χ1v) is 8.40. The predicted molar refractivity (Wildman–Crippen MR) is 90.5 cm³/mol. The molecule has 0 N–H and O–H groups in total. The topological polar surface area (TPSA) is 52.6 Å². The number of hydrogen-bond acceptors (Lipinski definition) is 5. The summed E-state index contributed by atoms with van der Waals surface area (Å²) in [6.07, 6.45) is 3.52. The average molecular weight is 317 g/mol. The number of aromatic nitrogens is 2. The number of likely N-dealkylation sites (tertiary alicyclic amines) is 1. The van der Waals surface area contributed by atoms with E-state index < -0.39 is 0 Å². The fraction of sp³-hybridized carbons (Fsp3) is 0.706. The van der Waals surface area contributed by atoms with Crippen LogP contribution in [0.5, 0.6) is 0 Å². The van der Waals surface area contributed by atoms with Gasteiger partial charge in [0.15, 0.2) is 5.82 Å². The molecule has 0 radical (unpaired) electrons. The Balaban J connectivity index is 1.71. The van der Waals surface area contributed by atoms with Crippen LogP contribution in [-0.4, -0.2) is 71.0 Å². The first-order chi connectivity index (χ1) is 10.8. The number of rotatable bonds is 4. The van der Waals surface area contributed by atoms with Crippen LogP contribution in [0.2, 0.25) is 0 Å². The Hall–Kier alpha value is -1.69. The highest BCUT2D eigenvalue weighted by Gasteiger charge is 2.54. The van der Waals surface area contributed by atoms with Crippen molar-refractivity contribution in [1.82, 2.24) is 19.8 Å². The molecular weight excluding hydrogens is 290 g/mol. The fourth-order valence-electron chi connectivity index (χ4n) is 3.42. The maximum atomic E-state index is 12.4. The molecule has 2 aliphatic heterocycles. The van der Waals surface area contributed by atoms with Gasteiger partial charge in [-0.1, -0.05) is 0 Å². The quantitative estimate of drug-likeness (QED) is 0.833. The molecule has 3 rings (SSSR count). The number of anilines is 1. The SMILES string of the molecule is CC(C)N(C)CC(=O)N1CC2(C1)CN(C(C)C)c1nccnc12. The second-order valence-electron chi connectivity index (χ2n) is 7.49. The van der Waals surface area contributed by atoms with Gasteiger partial charge in [-0.2, -0.15) is 0 Å². The fourth-order valence-corrected chi connectivity index (χ4v) is 3.42. The highest BCUT2D eigenvalue weighted by molar-refractivity contribution is 5.80. The van der Waals surface area contributed by atoms with Gasteiger partial charge < -0.3 is 9.80 Å². The number of nitrogens with zero attached hydrogens (tertiary/aromatic N) is 5. The summed E-state index contributed by atoms with van der Waals surface area (Å²) in [5, 5.41) is 0. The lowest BCUT2D eigenvalue weighted by atomic mass is 9.78. The molecule has 0 bridgehead atoms. The summed E-state index contributed by atoms with van der Waals surface area (Å²) in [6.45, 7) is 11.5. The zero-order valence-corrected chi connectivity index (χ0v) is 14.8. The van der Waals surface area contributed by atoms with E-state index in [1.807, 2.05) is 11.9 Å². The molecule has 6 nitrogen and oxygen atoms in total. The van der Waals surface area contributed by atoms with Crippen molar-refractivity contribution in [3.8, 4) is 0 Å². The lowest BCUT2D eigenvalue weighted by molar-refractivity contribution is -0.140. The molecule has 2 aliphatic rings. The van der Waals surface area contributed by atoms with Crippen LogP contribution in [0, 0.1) is 0 Å². The molecule has 6 heteroatoms. The third kappa shape index (κ3) is 2.69. The highest BCUT2D eigenvalue weighted by Crippen LogP contribution is 2.44. The Morgan fingerprint density at radius 1 is 1.22 bits per heavy atom. The summed E-state index contributed by atoms with van der Waals surface area (Å²) in [7, 11) is 2.00. The molecule has 0 atom stereocenters. The maximum absolute atomic E-state index is 12.4. The zero-order chi connectivity index (χ0) is 16.8. The van der Waals surface area contributed by atoms with E-state index in [4.69, 9.17) is 0 Å². The maximum Gasteiger partial charge on any atom is 0.236 e. The van der Waals surface area contributed by atoms with Crippen LogP contribution >= 0.6 is 0 Å². The third-order valence-electron chi connectivity index (χ3n) is 5.16. The van der Waals surface area contributed by atoms with E-state index in [1.165, 1.54) is 0 Å². The van der Waals surface area contributed by atoms with Gasteiger partial charge >= 0.3 is 0 Å². The van der Waals surface area contributed by atoms with Gasteiger partial charge in [0.05, 0.1) is 17.7 Å². The van der Waals surface area contributed by atoms with Crippen molar-refractivity contribution in [2.75, 3.05) is 38.1 Å². The average Bonchev–Trinajstić information content (AvgIpc) is 2.81. The van der Waals surface area contributed by atoms with Crippen molar-refractivity contribution < 1.29 is 4.79 Å². The summed E-state index contributed by atoms with van der Waals surface area (Å²) in [5.74, 6) is 1.20. The largest absolute Gasteiger partial charge is 0.352 e. The third-order valence-corrected chi connectivity index (χ3v) is 5.16. The second-order valence-corrected chi connectivity index (χ2v) is 7.49. The van der Waals surface area contributed by atoms with Gasteiger partial charge in [0.25, 0.3) is 0 Å². The molecule has 0 aliphatic carbocycles. The van der Waals surface area contributed by atoms with Crippen LogP contribution in [0.15, 0.2) is 12.4 Å². The Labute approximate surface area is 138 Å². The molecule has 1 aromatic heterocycles. The first-order valence-electron chi connectivity index (χ1n) is 8.40. The van der Waals surface area contributed by atoms with Gasteiger partial charge in [0, 0.05) is 44.1 Å². The number of likely N-dealkylation sites (N-methyl/N-ethyl adjacent to an activating group) is 1. The Kier molecular flexibility index (Phi) is 4.04. The van der Waals surface area contributed by atoms with E-state index in [9.17, 15) is 4.79 Å². The summed E-state index contributed by atoms with van der Waals surface area (Å²) in [4.78, 5) is 27.9. The number of carbonyl (C=O) groups is 1. The van der Waals surface area contributed by atoms with Crippen molar-refractivity contribution in [1.29, 1.82) is 0 Å². The Bertz CT molecular complexity index is 594. The van der Waals surface area contributed by atoms with Crippen LogP contribution in [0.3, 0.4) is 0 Å². The van der Waals surface area contributed by atoms with Gasteiger partial charge in [0.1, 0.15) is 0 Å². The predicted octanol–water partition coefficient (Wildman–Crippen LogP) is 1.13. The first kappa shape index (κ1) is 16.2. The van der Waals surface area contributed by atoms with Crippen molar-refractivity contribution in [3.05, 3.63) is 18.1 Å². The molecule has 3 heterocycles. The number of carbonyl (C=O) groups excluding carboxylic acids is 1. The molecule has 1 amide bonds. The summed E-state index contributed by atoms with van der Waals surface area (Å²) in [5.41, 5.74) is 1.04. The van der Waals surface area contributed by atoms with E-state index >= 15 is 0 Å². The van der Waals surface area contributed by atoms with Gasteiger partial charge in [0.2, 0.25) is 5.91 Å². The Morgan fingerprint density at radius 2 is 1.87 bits per heavy atom. The minimum atomic E-state index is -0.0279. The van der Waals surface area contributed by atoms with E-state index in [0.29, 0.717) is 18.6 Å². The van der Waals surface area contributed by atoms with E-state index in [1.54, 1.807) is 12.4 Å². The van der Waals surface area contributed by atoms with Gasteiger partial charge in [-0.3, -0.25) is 14.7 Å². The molecule has 0 aromatic carbocycles. The monoisotopic (exact) mass is 317 g/mol. The van der Waals surface area contributed by atoms with E-state index in [0.717, 1.165) is 31.1 Å². The number of hydrogen-bond donors (Lipinski definition) is 0. The summed E-state index contributed by atoms with van der Waals surface area (Å²) >= 11 is 0. The van der Waals surface area contributed by atoms with E-state index in [-0.39, 0.29) is 11.3 Å². The molecule has 1 saturated heterocycles. The lowest BCUT2D eigenvalue weighted by Gasteiger charge is -2.48. The van der Waals surface area contributed by atoms with Gasteiger partial charge in [-0.25, -0.2) is 4.98 Å². The minimum absolute atomic E-state index is 0.0279. The molecule has 1 aromatic rings. The zero-order valence-electron chi connectivity index (χ0n) is 14.8. The molecule has 23 heavy (non-hydrogen) atoms. The van der Waals surface area contributed by atoms with Crippen LogP contribution < -0.4 is 4.90 Å². The molecule has 126 valence electrons. The number of fused-ring (bicyclic) bond motifs is 2. The van der Waals surface area contributed by atoms with Crippen LogP contribution in [-0.2, 0) is 10.2 Å². The number of amides is 1. The van der Waals surface area contributed by atoms with Gasteiger partial charge in [-0.15, -0.1) is 0 Å². The van der Waals surface area contributed by atoms with Crippen LogP contribution in [0.25, 0.3) is 0 Å². The van der Waals surface area contributed by atoms with Crippen molar-refractivity contribution in [2.24, 2.45) is 0 Å². The summed E-state index contributed by atoms with van der Waals surface area (Å²) in [6, 6.07) is 0.769. The summed E-state index contributed by atoms with van der Waals surface area (Å²) < 4.78 is 0. The normalized spacial score (nSPS) is 19.0. The molecular formula is C17H27N5O. The Morgan fingerprint density at radius 3 is 2.48 bits per heavy atom. The molecule has 1 fully saturated rings. The highest BCUT2D eigenvalue weighted by atomic mass is 16.2. The van der Waals surface area contributed by atoms with E-state index in [2.05, 4.69) is 47.5 Å². The smallest absolute Gasteiger partial charge is 0.236 e. The molecule has 0 saturated carbocycles. The minimum Gasteiger partial charge on any atom is -0.352 e. The van der Waals surface area contributed by atoms with Crippen LogP contribution in [0.4, 0.5) is 5.82 Å². The van der Waals surface area contributed by atoms with Gasteiger partial charge in [-0.05, 0) is 34.7 Å². The lowest BCUT2D eigenvalue weighted by Crippen LogP contribution is -2.64. The molecule has 0 unspecified atom stereocenters. The standard InChI is InChI=1S/C17H27N5O/c1-12(2)20(5)8-14(23)21-9-17(10-21)11-22(13(3)4)16-15(17)18-6-7-19-16/h6-7,12-13H,8-11H2,1-5H3. The van der Waals surface area contributed by atoms with Crippen molar-refractivity contribution in [2.45, 2.75) is 45.2 Å². The molecule has 1 spiro atoms. The second kappa shape index (κ2) is 5.74.